The van der Waals surface area contributed by atoms with Gasteiger partial charge in [-0.2, -0.15) is 0 Å². The first kappa shape index (κ1) is 14.3. The Bertz CT molecular complexity index is 583. The Morgan fingerprint density at radius 1 is 1.45 bits per heavy atom. The maximum Gasteiger partial charge on any atom is 0.303 e. The van der Waals surface area contributed by atoms with E-state index in [-0.39, 0.29) is 6.42 Å². The first-order valence-corrected chi connectivity index (χ1v) is 7.09. The van der Waals surface area contributed by atoms with Crippen molar-refractivity contribution in [3.05, 3.63) is 40.9 Å². The molecule has 6 heteroatoms. The number of aliphatic carboxylic acids is 1. The van der Waals surface area contributed by atoms with Crippen LogP contribution in [-0.4, -0.2) is 23.2 Å². The molecule has 0 fully saturated rings. The van der Waals surface area contributed by atoms with E-state index < -0.39 is 5.97 Å². The third kappa shape index (κ3) is 3.96. The molecule has 1 heterocycles. The zero-order valence-corrected chi connectivity index (χ0v) is 11.9. The number of thiazole rings is 1. The number of carbonyl (C=O) groups is 1. The van der Waals surface area contributed by atoms with Crippen LogP contribution in [0, 0.1) is 0 Å². The van der Waals surface area contributed by atoms with E-state index in [0.717, 1.165) is 22.1 Å². The SMILES string of the molecule is COc1ccccc1CNc1nc(CCC(=O)O)cs1. The van der Waals surface area contributed by atoms with Gasteiger partial charge in [0.05, 0.1) is 19.2 Å². The molecule has 1 aromatic heterocycles. The van der Waals surface area contributed by atoms with Crippen molar-refractivity contribution in [3.8, 4) is 5.75 Å². The average molecular weight is 292 g/mol. The zero-order chi connectivity index (χ0) is 14.4. The van der Waals surface area contributed by atoms with Crippen molar-refractivity contribution in [3.63, 3.8) is 0 Å². The molecule has 0 radical (unpaired) electrons. The number of hydrogen-bond donors (Lipinski definition) is 2. The number of para-hydroxylation sites is 1. The highest BCUT2D eigenvalue weighted by atomic mass is 32.1. The molecule has 0 saturated carbocycles. The lowest BCUT2D eigenvalue weighted by atomic mass is 10.2. The monoisotopic (exact) mass is 292 g/mol. The quantitative estimate of drug-likeness (QED) is 0.821. The molecule has 0 aliphatic carbocycles. The number of methoxy groups -OCH3 is 1. The number of anilines is 1. The van der Waals surface area contributed by atoms with Crippen molar-refractivity contribution < 1.29 is 14.6 Å². The number of aryl methyl sites for hydroxylation is 1. The summed E-state index contributed by atoms with van der Waals surface area (Å²) in [4.78, 5) is 14.9. The van der Waals surface area contributed by atoms with Crippen LogP contribution in [0.1, 0.15) is 17.7 Å². The molecule has 2 rings (SSSR count). The van der Waals surface area contributed by atoms with Crippen molar-refractivity contribution in [2.45, 2.75) is 19.4 Å². The van der Waals surface area contributed by atoms with E-state index >= 15 is 0 Å². The van der Waals surface area contributed by atoms with E-state index in [1.807, 2.05) is 29.6 Å². The van der Waals surface area contributed by atoms with Gasteiger partial charge >= 0.3 is 5.97 Å². The molecule has 2 N–H and O–H groups in total. The maximum atomic E-state index is 10.5. The van der Waals surface area contributed by atoms with Crippen molar-refractivity contribution in [2.75, 3.05) is 12.4 Å². The minimum absolute atomic E-state index is 0.107. The summed E-state index contributed by atoms with van der Waals surface area (Å²) in [6.07, 6.45) is 0.567. The van der Waals surface area contributed by atoms with E-state index in [1.165, 1.54) is 11.3 Å². The molecular formula is C14H16N2O3S. The number of carboxylic acid groups (broad SMARTS) is 1. The summed E-state index contributed by atoms with van der Waals surface area (Å²) < 4.78 is 5.28. The van der Waals surface area contributed by atoms with Crippen LogP contribution >= 0.6 is 11.3 Å². The Labute approximate surface area is 121 Å². The summed E-state index contributed by atoms with van der Waals surface area (Å²) in [5, 5.41) is 14.5. The minimum atomic E-state index is -0.804. The molecule has 0 aliphatic heterocycles. The van der Waals surface area contributed by atoms with Crippen LogP contribution < -0.4 is 10.1 Å². The van der Waals surface area contributed by atoms with Crippen LogP contribution in [0.4, 0.5) is 5.13 Å². The Hall–Kier alpha value is -2.08. The smallest absolute Gasteiger partial charge is 0.303 e. The molecule has 20 heavy (non-hydrogen) atoms. The third-order valence-electron chi connectivity index (χ3n) is 2.77. The predicted molar refractivity (Wildman–Crippen MR) is 78.4 cm³/mol. The highest BCUT2D eigenvalue weighted by molar-refractivity contribution is 7.13. The number of carboxylic acids is 1. The molecule has 1 aromatic carbocycles. The van der Waals surface area contributed by atoms with Crippen LogP contribution in [0.2, 0.25) is 0 Å². The Balaban J connectivity index is 1.92. The number of benzene rings is 1. The van der Waals surface area contributed by atoms with Crippen molar-refractivity contribution in [1.29, 1.82) is 0 Å². The van der Waals surface area contributed by atoms with Gasteiger partial charge in [-0.05, 0) is 6.07 Å². The van der Waals surface area contributed by atoms with E-state index in [0.29, 0.717) is 13.0 Å². The van der Waals surface area contributed by atoms with Gasteiger partial charge in [-0.1, -0.05) is 18.2 Å². The molecule has 5 nitrogen and oxygen atoms in total. The maximum absolute atomic E-state index is 10.5. The fraction of sp³-hybridized carbons (Fsp3) is 0.286. The first-order valence-electron chi connectivity index (χ1n) is 6.21. The first-order chi connectivity index (χ1) is 9.69. The number of nitrogens with one attached hydrogen (secondary N) is 1. The number of aromatic nitrogens is 1. The Morgan fingerprint density at radius 3 is 3.00 bits per heavy atom. The summed E-state index contributed by atoms with van der Waals surface area (Å²) in [5.74, 6) is 0.0317. The lowest BCUT2D eigenvalue weighted by Crippen LogP contribution is -2.02. The van der Waals surface area contributed by atoms with Gasteiger partial charge in [0.2, 0.25) is 0 Å². The van der Waals surface area contributed by atoms with E-state index in [9.17, 15) is 4.79 Å². The summed E-state index contributed by atoms with van der Waals surface area (Å²) in [7, 11) is 1.65. The van der Waals surface area contributed by atoms with Gasteiger partial charge < -0.3 is 15.2 Å². The van der Waals surface area contributed by atoms with E-state index in [2.05, 4.69) is 10.3 Å². The Morgan fingerprint density at radius 2 is 2.25 bits per heavy atom. The highest BCUT2D eigenvalue weighted by Gasteiger charge is 2.06. The molecule has 0 bridgehead atoms. The topological polar surface area (TPSA) is 71.5 Å². The van der Waals surface area contributed by atoms with E-state index in [4.69, 9.17) is 9.84 Å². The molecule has 0 atom stereocenters. The molecule has 0 spiro atoms. The van der Waals surface area contributed by atoms with Crippen molar-refractivity contribution in [1.82, 2.24) is 4.98 Å². The van der Waals surface area contributed by atoms with Gasteiger partial charge in [0.25, 0.3) is 0 Å². The third-order valence-corrected chi connectivity index (χ3v) is 3.62. The average Bonchev–Trinajstić information content (AvgIpc) is 2.91. The summed E-state index contributed by atoms with van der Waals surface area (Å²) >= 11 is 1.48. The highest BCUT2D eigenvalue weighted by Crippen LogP contribution is 2.21. The molecule has 0 aliphatic rings. The second-order valence-electron chi connectivity index (χ2n) is 4.20. The molecule has 0 unspecified atom stereocenters. The lowest BCUT2D eigenvalue weighted by Gasteiger charge is -2.08. The van der Waals surface area contributed by atoms with Crippen LogP contribution in [-0.2, 0) is 17.8 Å². The number of hydrogen-bond acceptors (Lipinski definition) is 5. The van der Waals surface area contributed by atoms with Gasteiger partial charge in [0, 0.05) is 23.9 Å². The largest absolute Gasteiger partial charge is 0.496 e. The number of nitrogens with zero attached hydrogens (tertiary/aromatic N) is 1. The molecule has 0 amide bonds. The molecular weight excluding hydrogens is 276 g/mol. The van der Waals surface area contributed by atoms with E-state index in [1.54, 1.807) is 7.11 Å². The Kier molecular flexibility index (Phi) is 4.95. The lowest BCUT2D eigenvalue weighted by molar-refractivity contribution is -0.136. The van der Waals surface area contributed by atoms with Crippen molar-refractivity contribution in [2.24, 2.45) is 0 Å². The summed E-state index contributed by atoms with van der Waals surface area (Å²) in [6.45, 7) is 0.621. The predicted octanol–water partition coefficient (Wildman–Crippen LogP) is 2.78. The molecule has 106 valence electrons. The zero-order valence-electron chi connectivity index (χ0n) is 11.1. The second kappa shape index (κ2) is 6.91. The molecule has 0 saturated heterocycles. The fourth-order valence-corrected chi connectivity index (χ4v) is 2.50. The standard InChI is InChI=1S/C14H16N2O3S/c1-19-12-5-3-2-4-10(12)8-15-14-16-11(9-20-14)6-7-13(17)18/h2-5,9H,6-8H2,1H3,(H,15,16)(H,17,18). The fourth-order valence-electron chi connectivity index (χ4n) is 1.76. The van der Waals surface area contributed by atoms with Crippen LogP contribution in [0.25, 0.3) is 0 Å². The van der Waals surface area contributed by atoms with Gasteiger partial charge in [-0.3, -0.25) is 4.79 Å². The van der Waals surface area contributed by atoms with Crippen LogP contribution in [0.3, 0.4) is 0 Å². The molecule has 2 aromatic rings. The number of rotatable bonds is 7. The van der Waals surface area contributed by atoms with Gasteiger partial charge in [0.15, 0.2) is 5.13 Å². The van der Waals surface area contributed by atoms with Crippen LogP contribution in [0.15, 0.2) is 29.6 Å². The number of ether oxygens (including phenoxy) is 1. The van der Waals surface area contributed by atoms with Crippen molar-refractivity contribution >= 4 is 22.4 Å². The van der Waals surface area contributed by atoms with Gasteiger partial charge in [-0.25, -0.2) is 4.98 Å². The summed E-state index contributed by atoms with van der Waals surface area (Å²) in [5.41, 5.74) is 1.86. The minimum Gasteiger partial charge on any atom is -0.496 e. The summed E-state index contributed by atoms with van der Waals surface area (Å²) in [6, 6.07) is 7.79. The van der Waals surface area contributed by atoms with Gasteiger partial charge in [-0.15, -0.1) is 11.3 Å². The normalized spacial score (nSPS) is 10.2. The van der Waals surface area contributed by atoms with Crippen LogP contribution in [0.5, 0.6) is 5.75 Å². The van der Waals surface area contributed by atoms with Gasteiger partial charge in [0.1, 0.15) is 5.75 Å². The second-order valence-corrected chi connectivity index (χ2v) is 5.06.